The first-order chi connectivity index (χ1) is 12.8. The van der Waals surface area contributed by atoms with Crippen LogP contribution in [-0.2, 0) is 6.54 Å². The van der Waals surface area contributed by atoms with Gasteiger partial charge in [0.25, 0.3) is 0 Å². The maximum absolute atomic E-state index is 4.22. The summed E-state index contributed by atoms with van der Waals surface area (Å²) >= 11 is 0. The lowest BCUT2D eigenvalue weighted by atomic mass is 10.0. The lowest BCUT2D eigenvalue weighted by Gasteiger charge is -2.09. The zero-order valence-corrected chi connectivity index (χ0v) is 14.5. The molecule has 0 fully saturated rings. The Labute approximate surface area is 152 Å². The summed E-state index contributed by atoms with van der Waals surface area (Å²) < 4.78 is 2.17. The summed E-state index contributed by atoms with van der Waals surface area (Å²) in [5, 5.41) is 11.0. The van der Waals surface area contributed by atoms with Crippen molar-refractivity contribution < 1.29 is 0 Å². The van der Waals surface area contributed by atoms with Gasteiger partial charge in [0, 0.05) is 26.0 Å². The highest BCUT2D eigenvalue weighted by Gasteiger charge is 2.12. The second-order valence-electron chi connectivity index (χ2n) is 6.05. The van der Waals surface area contributed by atoms with Gasteiger partial charge in [0.2, 0.25) is 0 Å². The summed E-state index contributed by atoms with van der Waals surface area (Å²) in [4.78, 5) is 4.06. The molecule has 2 aromatic heterocycles. The molecule has 2 heterocycles. The Hall–Kier alpha value is -3.47. The smallest absolute Gasteiger partial charge is 0.138 e. The van der Waals surface area contributed by atoms with Crippen molar-refractivity contribution in [3.63, 3.8) is 0 Å². The van der Waals surface area contributed by atoms with E-state index in [1.165, 1.54) is 16.7 Å². The summed E-state index contributed by atoms with van der Waals surface area (Å²) in [6, 6.07) is 23.1. The van der Waals surface area contributed by atoms with Gasteiger partial charge in [-0.1, -0.05) is 59.8 Å². The molecule has 5 heteroatoms. The molecule has 0 aliphatic carbocycles. The van der Waals surface area contributed by atoms with Gasteiger partial charge in [0.1, 0.15) is 11.4 Å². The molecular formula is C21H19N5. The molecule has 0 saturated carbocycles. The number of H-pyrrole nitrogens is 1. The number of hydrogen-bond acceptors (Lipinski definition) is 3. The molecule has 0 aliphatic heterocycles. The van der Waals surface area contributed by atoms with Gasteiger partial charge in [-0.2, -0.15) is 0 Å². The van der Waals surface area contributed by atoms with Crippen LogP contribution in [-0.4, -0.2) is 33.2 Å². The molecular weight excluding hydrogens is 322 g/mol. The minimum absolute atomic E-state index is 0.771. The topological polar surface area (TPSA) is 58.9 Å². The number of hydrogen-bond donors (Lipinski definition) is 1. The number of rotatable bonds is 5. The molecule has 1 N–H and O–H groups in total. The highest BCUT2D eigenvalue weighted by Crippen LogP contribution is 2.23. The van der Waals surface area contributed by atoms with Gasteiger partial charge in [-0.05, 0) is 28.8 Å². The highest BCUT2D eigenvalue weighted by molar-refractivity contribution is 5.85. The molecule has 0 radical (unpaired) electrons. The Morgan fingerprint density at radius 2 is 1.73 bits per heavy atom. The third-order valence-corrected chi connectivity index (χ3v) is 4.32. The summed E-state index contributed by atoms with van der Waals surface area (Å²) in [5.74, 6) is 0. The number of nitrogens with one attached hydrogen (secondary N) is 1. The molecule has 0 spiro atoms. The average Bonchev–Trinajstić information content (AvgIpc) is 3.32. The molecule has 4 aromatic rings. The van der Waals surface area contributed by atoms with Gasteiger partial charge >= 0.3 is 0 Å². The van der Waals surface area contributed by atoms with Crippen LogP contribution in [0.1, 0.15) is 11.3 Å². The van der Waals surface area contributed by atoms with E-state index in [9.17, 15) is 0 Å². The lowest BCUT2D eigenvalue weighted by molar-refractivity contribution is 0.810. The molecule has 0 unspecified atom stereocenters. The number of aliphatic imine (C=N–C) groups is 1. The molecule has 0 atom stereocenters. The van der Waals surface area contributed by atoms with Crippen LogP contribution in [0.4, 0.5) is 0 Å². The number of benzene rings is 2. The van der Waals surface area contributed by atoms with Crippen molar-refractivity contribution in [1.29, 1.82) is 0 Å². The van der Waals surface area contributed by atoms with Crippen molar-refractivity contribution in [3.8, 4) is 22.5 Å². The van der Waals surface area contributed by atoms with E-state index in [0.29, 0.717) is 0 Å². The van der Waals surface area contributed by atoms with Crippen molar-refractivity contribution in [2.45, 2.75) is 6.54 Å². The number of aromatic amines is 1. The standard InChI is InChI=1S/C21H19N5/c1-22-14-19-21(24-25-23-19)20-8-5-13-26(20)15-16-9-11-18(12-10-16)17-6-3-2-4-7-17/h2-14H,15H2,1H3,(H,23,24,25)/b22-14+. The van der Waals surface area contributed by atoms with Gasteiger partial charge in [-0.15, -0.1) is 5.10 Å². The largest absolute Gasteiger partial charge is 0.342 e. The van der Waals surface area contributed by atoms with E-state index in [1.54, 1.807) is 13.3 Å². The van der Waals surface area contributed by atoms with Crippen LogP contribution in [0.3, 0.4) is 0 Å². The molecule has 2 aromatic carbocycles. The van der Waals surface area contributed by atoms with Crippen molar-refractivity contribution in [3.05, 3.63) is 84.2 Å². The second kappa shape index (κ2) is 7.19. The van der Waals surface area contributed by atoms with Crippen molar-refractivity contribution >= 4 is 6.21 Å². The number of nitrogens with zero attached hydrogens (tertiary/aromatic N) is 4. The highest BCUT2D eigenvalue weighted by atomic mass is 15.3. The average molecular weight is 341 g/mol. The van der Waals surface area contributed by atoms with E-state index < -0.39 is 0 Å². The van der Waals surface area contributed by atoms with E-state index in [0.717, 1.165) is 23.6 Å². The van der Waals surface area contributed by atoms with Crippen LogP contribution >= 0.6 is 0 Å². The van der Waals surface area contributed by atoms with Crippen LogP contribution in [0.5, 0.6) is 0 Å². The lowest BCUT2D eigenvalue weighted by Crippen LogP contribution is -2.01. The maximum Gasteiger partial charge on any atom is 0.138 e. The SMILES string of the molecule is C/N=C/c1[nH]nnc1-c1cccn1Cc1ccc(-c2ccccc2)cc1. The summed E-state index contributed by atoms with van der Waals surface area (Å²) in [6.07, 6.45) is 3.79. The third kappa shape index (κ3) is 3.19. The van der Waals surface area contributed by atoms with Gasteiger partial charge < -0.3 is 4.57 Å². The van der Waals surface area contributed by atoms with Crippen LogP contribution in [0.2, 0.25) is 0 Å². The van der Waals surface area contributed by atoms with E-state index >= 15 is 0 Å². The van der Waals surface area contributed by atoms with Crippen molar-refractivity contribution in [1.82, 2.24) is 20.0 Å². The van der Waals surface area contributed by atoms with E-state index in [4.69, 9.17) is 0 Å². The predicted molar refractivity (Wildman–Crippen MR) is 104 cm³/mol. The monoisotopic (exact) mass is 341 g/mol. The van der Waals surface area contributed by atoms with Crippen molar-refractivity contribution in [2.75, 3.05) is 7.05 Å². The summed E-state index contributed by atoms with van der Waals surface area (Å²) in [5.41, 5.74) is 6.32. The third-order valence-electron chi connectivity index (χ3n) is 4.32. The first-order valence-electron chi connectivity index (χ1n) is 8.48. The molecule has 0 saturated heterocycles. The van der Waals surface area contributed by atoms with Crippen molar-refractivity contribution in [2.24, 2.45) is 4.99 Å². The summed E-state index contributed by atoms with van der Waals surface area (Å²) in [6.45, 7) is 0.771. The zero-order chi connectivity index (χ0) is 17.8. The zero-order valence-electron chi connectivity index (χ0n) is 14.5. The minimum Gasteiger partial charge on any atom is -0.342 e. The predicted octanol–water partition coefficient (Wildman–Crippen LogP) is 4.04. The first kappa shape index (κ1) is 16.0. The van der Waals surface area contributed by atoms with Gasteiger partial charge in [0.05, 0.1) is 5.69 Å². The Balaban J connectivity index is 1.59. The normalized spacial score (nSPS) is 11.3. The van der Waals surface area contributed by atoms with Gasteiger partial charge in [-0.25, -0.2) is 0 Å². The van der Waals surface area contributed by atoms with Gasteiger partial charge in [-0.3, -0.25) is 10.1 Å². The molecule has 4 rings (SSSR count). The maximum atomic E-state index is 4.22. The second-order valence-corrected chi connectivity index (χ2v) is 6.05. The fourth-order valence-corrected chi connectivity index (χ4v) is 3.04. The van der Waals surface area contributed by atoms with Crippen LogP contribution in [0.25, 0.3) is 22.5 Å². The Bertz CT molecular complexity index is 1010. The molecule has 5 nitrogen and oxygen atoms in total. The van der Waals surface area contributed by atoms with E-state index in [1.807, 2.05) is 18.2 Å². The quantitative estimate of drug-likeness (QED) is 0.557. The van der Waals surface area contributed by atoms with Gasteiger partial charge in [0.15, 0.2) is 0 Å². The Kier molecular flexibility index (Phi) is 4.43. The molecule has 128 valence electrons. The van der Waals surface area contributed by atoms with Crippen LogP contribution in [0.15, 0.2) is 77.9 Å². The first-order valence-corrected chi connectivity index (χ1v) is 8.48. The minimum atomic E-state index is 0.771. The van der Waals surface area contributed by atoms with Crippen LogP contribution in [0, 0.1) is 0 Å². The molecule has 0 bridgehead atoms. The van der Waals surface area contributed by atoms with Crippen LogP contribution < -0.4 is 0 Å². The molecule has 26 heavy (non-hydrogen) atoms. The Morgan fingerprint density at radius 3 is 2.50 bits per heavy atom. The fourth-order valence-electron chi connectivity index (χ4n) is 3.04. The molecule has 0 amide bonds. The fraction of sp³-hybridized carbons (Fsp3) is 0.0952. The Morgan fingerprint density at radius 1 is 0.962 bits per heavy atom. The van der Waals surface area contributed by atoms with E-state index in [-0.39, 0.29) is 0 Å². The summed E-state index contributed by atoms with van der Waals surface area (Å²) in [7, 11) is 1.73. The molecule has 0 aliphatic rings. The number of aromatic nitrogens is 4. The van der Waals surface area contributed by atoms with E-state index in [2.05, 4.69) is 79.7 Å².